The van der Waals surface area contributed by atoms with Gasteiger partial charge in [-0.3, -0.25) is 4.79 Å². The van der Waals surface area contributed by atoms with E-state index in [9.17, 15) is 9.59 Å². The molecule has 0 bridgehead atoms. The van der Waals surface area contributed by atoms with Gasteiger partial charge in [-0.2, -0.15) is 0 Å². The van der Waals surface area contributed by atoms with Gasteiger partial charge in [-0.25, -0.2) is 10.1 Å². The van der Waals surface area contributed by atoms with Crippen LogP contribution in [0, 0.1) is 0 Å². The molecular formula is C5H8NO3. The molecule has 0 aromatic carbocycles. The van der Waals surface area contributed by atoms with Crippen LogP contribution in [0.5, 0.6) is 0 Å². The Labute approximate surface area is 53.2 Å². The average Bonchev–Trinajstić information content (AvgIpc) is 1.87. The van der Waals surface area contributed by atoms with E-state index in [0.717, 1.165) is 0 Å². The van der Waals surface area contributed by atoms with Crippen LogP contribution < -0.4 is 5.32 Å². The van der Waals surface area contributed by atoms with Gasteiger partial charge in [-0.15, -0.1) is 0 Å². The van der Waals surface area contributed by atoms with Crippen LogP contribution in [0.4, 0.5) is 0 Å². The van der Waals surface area contributed by atoms with E-state index in [1.807, 2.05) is 0 Å². The lowest BCUT2D eigenvalue weighted by Crippen LogP contribution is -2.28. The molecule has 0 rings (SSSR count). The number of carbonyl (C=O) groups is 2. The molecule has 1 atom stereocenters. The van der Waals surface area contributed by atoms with Crippen molar-refractivity contribution in [1.29, 1.82) is 0 Å². The first kappa shape index (κ1) is 7.94. The summed E-state index contributed by atoms with van der Waals surface area (Å²) in [5.41, 5.74) is 0. The molecule has 0 fully saturated rings. The molecule has 0 aromatic heterocycles. The van der Waals surface area contributed by atoms with E-state index in [4.69, 9.17) is 0 Å². The summed E-state index contributed by atoms with van der Waals surface area (Å²) in [7, 11) is 1.25. The second-order valence-corrected chi connectivity index (χ2v) is 1.45. The fraction of sp³-hybridized carbons (Fsp3) is 0.600. The summed E-state index contributed by atoms with van der Waals surface area (Å²) in [6.45, 7) is 1.49. The summed E-state index contributed by atoms with van der Waals surface area (Å²) >= 11 is 0. The first-order valence-corrected chi connectivity index (χ1v) is 2.43. The molecule has 51 valence electrons. The number of esters is 1. The van der Waals surface area contributed by atoms with E-state index >= 15 is 0 Å². The molecule has 0 aliphatic rings. The van der Waals surface area contributed by atoms with Gasteiger partial charge in [0, 0.05) is 0 Å². The maximum Gasteiger partial charge on any atom is 0.330 e. The minimum atomic E-state index is -0.674. The van der Waals surface area contributed by atoms with Crippen LogP contribution in [-0.4, -0.2) is 25.5 Å². The number of ether oxygens (including phenoxy) is 1. The Hall–Kier alpha value is -1.06. The zero-order chi connectivity index (χ0) is 7.28. The van der Waals surface area contributed by atoms with Crippen molar-refractivity contribution in [1.82, 2.24) is 5.32 Å². The second kappa shape index (κ2) is 3.88. The minimum absolute atomic E-state index is 0.335. The van der Waals surface area contributed by atoms with Crippen molar-refractivity contribution in [3.63, 3.8) is 0 Å². The zero-order valence-corrected chi connectivity index (χ0v) is 5.33. The van der Waals surface area contributed by atoms with E-state index in [1.165, 1.54) is 14.0 Å². The van der Waals surface area contributed by atoms with Gasteiger partial charge in [0.2, 0.25) is 6.41 Å². The van der Waals surface area contributed by atoms with E-state index in [-0.39, 0.29) is 0 Å². The molecule has 0 heterocycles. The van der Waals surface area contributed by atoms with Crippen LogP contribution in [0.1, 0.15) is 6.92 Å². The van der Waals surface area contributed by atoms with Gasteiger partial charge in [0.1, 0.15) is 6.04 Å². The van der Waals surface area contributed by atoms with Gasteiger partial charge in [-0.05, 0) is 6.92 Å². The highest BCUT2D eigenvalue weighted by molar-refractivity contribution is 5.77. The Morgan fingerprint density at radius 1 is 1.78 bits per heavy atom. The third-order valence-electron chi connectivity index (χ3n) is 0.827. The van der Waals surface area contributed by atoms with Crippen LogP contribution in [-0.2, 0) is 14.3 Å². The first-order valence-electron chi connectivity index (χ1n) is 2.43. The Kier molecular flexibility index (Phi) is 3.43. The molecule has 0 aliphatic heterocycles. The molecule has 1 unspecified atom stereocenters. The van der Waals surface area contributed by atoms with Crippen LogP contribution >= 0.6 is 0 Å². The van der Waals surface area contributed by atoms with E-state index in [1.54, 1.807) is 0 Å². The first-order chi connectivity index (χ1) is 4.22. The van der Waals surface area contributed by atoms with Crippen LogP contribution in [0.15, 0.2) is 0 Å². The monoisotopic (exact) mass is 130 g/mol. The third kappa shape index (κ3) is 2.69. The third-order valence-corrected chi connectivity index (χ3v) is 0.827. The van der Waals surface area contributed by atoms with Crippen molar-refractivity contribution in [2.24, 2.45) is 0 Å². The number of hydrogen-bond donors (Lipinski definition) is 0. The fourth-order valence-electron chi connectivity index (χ4n) is 0.323. The number of rotatable bonds is 3. The number of amides is 1. The minimum Gasteiger partial charge on any atom is -0.467 e. The lowest BCUT2D eigenvalue weighted by molar-refractivity contribution is -0.143. The van der Waals surface area contributed by atoms with E-state index in [0.29, 0.717) is 6.41 Å². The summed E-state index contributed by atoms with van der Waals surface area (Å²) in [6.07, 6.45) is 0.335. The van der Waals surface area contributed by atoms with Crippen molar-refractivity contribution in [2.45, 2.75) is 13.0 Å². The summed E-state index contributed by atoms with van der Waals surface area (Å²) in [6, 6.07) is -0.674. The van der Waals surface area contributed by atoms with Gasteiger partial charge in [-0.1, -0.05) is 0 Å². The maximum atomic E-state index is 10.4. The van der Waals surface area contributed by atoms with Crippen molar-refractivity contribution in [3.05, 3.63) is 0 Å². The van der Waals surface area contributed by atoms with Crippen molar-refractivity contribution in [3.8, 4) is 0 Å². The average molecular weight is 130 g/mol. The lowest BCUT2D eigenvalue weighted by atomic mass is 10.4. The summed E-state index contributed by atoms with van der Waals surface area (Å²) in [4.78, 5) is 20.1. The molecule has 0 saturated carbocycles. The molecule has 0 N–H and O–H groups in total. The smallest absolute Gasteiger partial charge is 0.330 e. The van der Waals surface area contributed by atoms with Gasteiger partial charge < -0.3 is 4.74 Å². The topological polar surface area (TPSA) is 57.5 Å². The van der Waals surface area contributed by atoms with Crippen LogP contribution in [0.3, 0.4) is 0 Å². The Morgan fingerprint density at radius 3 is 2.67 bits per heavy atom. The highest BCUT2D eigenvalue weighted by Gasteiger charge is 2.11. The molecule has 1 radical (unpaired) electrons. The van der Waals surface area contributed by atoms with Gasteiger partial charge in [0.15, 0.2) is 0 Å². The molecule has 0 aliphatic carbocycles. The molecule has 0 saturated heterocycles. The number of hydrogen-bond acceptors (Lipinski definition) is 3. The van der Waals surface area contributed by atoms with Crippen molar-refractivity contribution < 1.29 is 14.3 Å². The molecule has 4 nitrogen and oxygen atoms in total. The molecule has 4 heteroatoms. The SMILES string of the molecule is COC(=O)C(C)[N]C=O. The normalized spacial score (nSPS) is 11.8. The molecule has 1 amide bonds. The van der Waals surface area contributed by atoms with Crippen molar-refractivity contribution >= 4 is 12.4 Å². The van der Waals surface area contributed by atoms with Gasteiger partial charge in [0.25, 0.3) is 0 Å². The summed E-state index contributed by atoms with van der Waals surface area (Å²) in [5.74, 6) is -0.498. The van der Waals surface area contributed by atoms with Crippen molar-refractivity contribution in [2.75, 3.05) is 7.11 Å². The lowest BCUT2D eigenvalue weighted by Gasteiger charge is -2.02. The Bertz CT molecular complexity index is 113. The summed E-state index contributed by atoms with van der Waals surface area (Å²) < 4.78 is 4.27. The van der Waals surface area contributed by atoms with Gasteiger partial charge >= 0.3 is 5.97 Å². The standard InChI is InChI=1S/C5H8NO3/c1-4(6-3-7)5(8)9-2/h3-4H,1-2H3. The molecule has 0 aromatic rings. The Morgan fingerprint density at radius 2 is 2.33 bits per heavy atom. The quantitative estimate of drug-likeness (QED) is 0.375. The number of carbonyl (C=O) groups excluding carboxylic acids is 2. The molecule has 0 spiro atoms. The largest absolute Gasteiger partial charge is 0.467 e. The van der Waals surface area contributed by atoms with Crippen LogP contribution in [0.2, 0.25) is 0 Å². The molecular weight excluding hydrogens is 122 g/mol. The van der Waals surface area contributed by atoms with Crippen LogP contribution in [0.25, 0.3) is 0 Å². The molecule has 9 heavy (non-hydrogen) atoms. The number of methoxy groups -OCH3 is 1. The predicted octanol–water partition coefficient (Wildman–Crippen LogP) is -0.691. The van der Waals surface area contributed by atoms with E-state index in [2.05, 4.69) is 10.1 Å². The highest BCUT2D eigenvalue weighted by atomic mass is 16.5. The highest BCUT2D eigenvalue weighted by Crippen LogP contribution is 1.83. The Balaban J connectivity index is 3.58. The second-order valence-electron chi connectivity index (χ2n) is 1.45. The maximum absolute atomic E-state index is 10.4. The van der Waals surface area contributed by atoms with E-state index < -0.39 is 12.0 Å². The fourth-order valence-corrected chi connectivity index (χ4v) is 0.323. The number of nitrogens with zero attached hydrogens (tertiary/aromatic N) is 1. The zero-order valence-electron chi connectivity index (χ0n) is 5.33. The predicted molar refractivity (Wildman–Crippen MR) is 29.7 cm³/mol. The summed E-state index contributed by atoms with van der Waals surface area (Å²) in [5, 5.41) is 3.24. The van der Waals surface area contributed by atoms with Gasteiger partial charge in [0.05, 0.1) is 7.11 Å².